The van der Waals surface area contributed by atoms with Crippen LogP contribution in [0.5, 0.6) is 5.75 Å². The van der Waals surface area contributed by atoms with Crippen molar-refractivity contribution in [3.05, 3.63) is 58.3 Å². The molecule has 2 aromatic rings. The van der Waals surface area contributed by atoms with E-state index in [4.69, 9.17) is 4.74 Å². The van der Waals surface area contributed by atoms with E-state index in [1.54, 1.807) is 6.21 Å². The molecule has 0 bridgehead atoms. The Balaban J connectivity index is 1.93. The van der Waals surface area contributed by atoms with Gasteiger partial charge in [-0.3, -0.25) is 15.5 Å². The Morgan fingerprint density at radius 3 is 2.67 bits per heavy atom. The Kier molecular flexibility index (Phi) is 4.81. The van der Waals surface area contributed by atoms with Crippen molar-refractivity contribution in [2.75, 3.05) is 12.0 Å². The van der Waals surface area contributed by atoms with E-state index in [-0.39, 0.29) is 5.69 Å². The van der Waals surface area contributed by atoms with E-state index in [0.717, 1.165) is 11.3 Å². The minimum atomic E-state index is -0.500. The van der Waals surface area contributed by atoms with Crippen molar-refractivity contribution in [3.63, 3.8) is 0 Å². The minimum Gasteiger partial charge on any atom is -0.494 e. The molecule has 1 aromatic carbocycles. The van der Waals surface area contributed by atoms with Gasteiger partial charge in [0, 0.05) is 6.07 Å². The minimum absolute atomic E-state index is 0.0592. The molecule has 0 aliphatic heterocycles. The second-order valence-corrected chi connectivity index (χ2v) is 4.03. The summed E-state index contributed by atoms with van der Waals surface area (Å²) >= 11 is 0. The second-order valence-electron chi connectivity index (χ2n) is 4.03. The van der Waals surface area contributed by atoms with Crippen LogP contribution in [0.2, 0.25) is 0 Å². The van der Waals surface area contributed by atoms with Gasteiger partial charge in [-0.1, -0.05) is 0 Å². The van der Waals surface area contributed by atoms with Crippen molar-refractivity contribution >= 4 is 17.7 Å². The van der Waals surface area contributed by atoms with Crippen LogP contribution >= 0.6 is 0 Å². The van der Waals surface area contributed by atoms with E-state index >= 15 is 0 Å². The average Bonchev–Trinajstić information content (AvgIpc) is 2.50. The molecule has 21 heavy (non-hydrogen) atoms. The Morgan fingerprint density at radius 2 is 2.10 bits per heavy atom. The summed E-state index contributed by atoms with van der Waals surface area (Å²) in [6.07, 6.45) is 2.80. The van der Waals surface area contributed by atoms with Crippen LogP contribution in [0.25, 0.3) is 0 Å². The van der Waals surface area contributed by atoms with Crippen molar-refractivity contribution in [1.29, 1.82) is 0 Å². The van der Waals surface area contributed by atoms with Gasteiger partial charge < -0.3 is 4.74 Å². The van der Waals surface area contributed by atoms with Gasteiger partial charge in [0.05, 0.1) is 17.7 Å². The first-order valence-corrected chi connectivity index (χ1v) is 6.31. The highest BCUT2D eigenvalue weighted by atomic mass is 16.6. The molecule has 7 nitrogen and oxygen atoms in total. The Labute approximate surface area is 121 Å². The van der Waals surface area contributed by atoms with E-state index < -0.39 is 4.92 Å². The van der Waals surface area contributed by atoms with E-state index in [1.807, 2.05) is 31.2 Å². The van der Waals surface area contributed by atoms with Gasteiger partial charge in [0.15, 0.2) is 0 Å². The quantitative estimate of drug-likeness (QED) is 0.501. The number of anilines is 1. The average molecular weight is 286 g/mol. The van der Waals surface area contributed by atoms with Gasteiger partial charge in [0.1, 0.15) is 17.8 Å². The zero-order valence-corrected chi connectivity index (χ0v) is 11.4. The molecule has 108 valence electrons. The predicted molar refractivity (Wildman–Crippen MR) is 79.7 cm³/mol. The third kappa shape index (κ3) is 4.27. The number of hydrazone groups is 1. The molecule has 0 saturated carbocycles. The molecule has 0 saturated heterocycles. The van der Waals surface area contributed by atoms with Crippen LogP contribution in [0.15, 0.2) is 47.7 Å². The van der Waals surface area contributed by atoms with Crippen molar-refractivity contribution in [3.8, 4) is 5.75 Å². The van der Waals surface area contributed by atoms with Crippen LogP contribution in [-0.2, 0) is 0 Å². The smallest absolute Gasteiger partial charge is 0.287 e. The summed E-state index contributed by atoms with van der Waals surface area (Å²) in [5.41, 5.74) is 3.54. The number of aromatic nitrogens is 1. The van der Waals surface area contributed by atoms with Crippen LogP contribution in [0.1, 0.15) is 12.5 Å². The maximum atomic E-state index is 10.5. The fourth-order valence-corrected chi connectivity index (χ4v) is 1.55. The molecular formula is C14H14N4O3. The number of benzene rings is 1. The number of hydrogen-bond donors (Lipinski definition) is 1. The van der Waals surface area contributed by atoms with E-state index in [1.165, 1.54) is 18.3 Å². The van der Waals surface area contributed by atoms with Gasteiger partial charge in [-0.25, -0.2) is 4.98 Å². The van der Waals surface area contributed by atoms with Crippen LogP contribution in [0.4, 0.5) is 11.5 Å². The topological polar surface area (TPSA) is 89.6 Å². The highest BCUT2D eigenvalue weighted by molar-refractivity contribution is 5.80. The maximum absolute atomic E-state index is 10.5. The number of nitrogens with one attached hydrogen (secondary N) is 1. The Hall–Kier alpha value is -2.96. The molecule has 1 N–H and O–H groups in total. The number of pyridine rings is 1. The zero-order valence-electron chi connectivity index (χ0n) is 11.4. The highest BCUT2D eigenvalue weighted by Crippen LogP contribution is 2.12. The second kappa shape index (κ2) is 6.99. The molecule has 0 aliphatic carbocycles. The number of ether oxygens (including phenoxy) is 1. The lowest BCUT2D eigenvalue weighted by Gasteiger charge is -2.02. The number of nitrogens with zero attached hydrogens (tertiary/aromatic N) is 3. The number of rotatable bonds is 6. The lowest BCUT2D eigenvalue weighted by atomic mass is 10.2. The largest absolute Gasteiger partial charge is 0.494 e. The van der Waals surface area contributed by atoms with Crippen LogP contribution in [-0.4, -0.2) is 22.7 Å². The fourth-order valence-electron chi connectivity index (χ4n) is 1.55. The zero-order chi connectivity index (χ0) is 15.1. The Bertz CT molecular complexity index is 624. The van der Waals surface area contributed by atoms with Gasteiger partial charge in [0.25, 0.3) is 5.69 Å². The molecule has 0 fully saturated rings. The summed E-state index contributed by atoms with van der Waals surface area (Å²) in [6.45, 7) is 2.55. The van der Waals surface area contributed by atoms with Gasteiger partial charge in [-0.15, -0.1) is 0 Å². The van der Waals surface area contributed by atoms with Gasteiger partial charge in [-0.2, -0.15) is 5.10 Å². The van der Waals surface area contributed by atoms with Gasteiger partial charge in [0.2, 0.25) is 0 Å². The fraction of sp³-hybridized carbons (Fsp3) is 0.143. The maximum Gasteiger partial charge on any atom is 0.287 e. The lowest BCUT2D eigenvalue weighted by Crippen LogP contribution is -1.95. The molecule has 1 heterocycles. The number of hydrogen-bond acceptors (Lipinski definition) is 6. The number of nitro groups is 1. The van der Waals surface area contributed by atoms with Gasteiger partial charge in [-0.05, 0) is 42.8 Å². The molecule has 0 aliphatic rings. The van der Waals surface area contributed by atoms with Crippen LogP contribution < -0.4 is 10.2 Å². The normalized spacial score (nSPS) is 10.5. The van der Waals surface area contributed by atoms with Crippen LogP contribution in [0.3, 0.4) is 0 Å². The molecule has 0 atom stereocenters. The van der Waals surface area contributed by atoms with Gasteiger partial charge >= 0.3 is 0 Å². The SMILES string of the molecule is CCOc1ccc(/C=N/Nc2ccc([N+](=O)[O-])cn2)cc1. The molecule has 7 heteroatoms. The molecule has 1 aromatic heterocycles. The lowest BCUT2D eigenvalue weighted by molar-refractivity contribution is -0.385. The molecule has 0 radical (unpaired) electrons. The monoisotopic (exact) mass is 286 g/mol. The van der Waals surface area contributed by atoms with E-state index in [2.05, 4.69) is 15.5 Å². The standard InChI is InChI=1S/C14H14N4O3/c1-2-21-13-6-3-11(4-7-13)9-16-17-14-8-5-12(10-15-14)18(19)20/h3-10H,2H2,1H3,(H,15,17)/b16-9+. The van der Waals surface area contributed by atoms with Crippen molar-refractivity contribution in [2.24, 2.45) is 5.10 Å². The van der Waals surface area contributed by atoms with Crippen molar-refractivity contribution < 1.29 is 9.66 Å². The summed E-state index contributed by atoms with van der Waals surface area (Å²) < 4.78 is 5.34. The summed E-state index contributed by atoms with van der Waals surface area (Å²) in [6, 6.07) is 10.3. The first-order valence-electron chi connectivity index (χ1n) is 6.31. The summed E-state index contributed by atoms with van der Waals surface area (Å²) in [4.78, 5) is 13.9. The molecule has 0 unspecified atom stereocenters. The van der Waals surface area contributed by atoms with E-state index in [9.17, 15) is 10.1 Å². The summed E-state index contributed by atoms with van der Waals surface area (Å²) in [5, 5.41) is 14.5. The first-order chi connectivity index (χ1) is 10.2. The van der Waals surface area contributed by atoms with Crippen LogP contribution in [0, 0.1) is 10.1 Å². The summed E-state index contributed by atoms with van der Waals surface area (Å²) in [5.74, 6) is 1.24. The van der Waals surface area contributed by atoms with Crippen molar-refractivity contribution in [1.82, 2.24) is 4.98 Å². The molecule has 0 spiro atoms. The summed E-state index contributed by atoms with van der Waals surface area (Å²) in [7, 11) is 0. The van der Waals surface area contributed by atoms with Crippen molar-refractivity contribution in [2.45, 2.75) is 6.92 Å². The molecule has 2 rings (SSSR count). The Morgan fingerprint density at radius 1 is 1.33 bits per heavy atom. The highest BCUT2D eigenvalue weighted by Gasteiger charge is 2.04. The molecular weight excluding hydrogens is 272 g/mol. The third-order valence-corrected chi connectivity index (χ3v) is 2.54. The third-order valence-electron chi connectivity index (χ3n) is 2.54. The predicted octanol–water partition coefficient (Wildman–Crippen LogP) is 2.83. The van der Waals surface area contributed by atoms with E-state index in [0.29, 0.717) is 12.4 Å². The molecule has 0 amide bonds. The first kappa shape index (κ1) is 14.4.